The third kappa shape index (κ3) is 2.66. The molecule has 1 spiro atoms. The van der Waals surface area contributed by atoms with Crippen LogP contribution in [0.25, 0.3) is 10.9 Å². The summed E-state index contributed by atoms with van der Waals surface area (Å²) in [5.74, 6) is 0.867. The Bertz CT molecular complexity index is 1050. The van der Waals surface area contributed by atoms with E-state index in [2.05, 4.69) is 9.97 Å². The highest BCUT2D eigenvalue weighted by Gasteiger charge is 2.45. The number of rotatable bonds is 2. The smallest absolute Gasteiger partial charge is 0.253 e. The van der Waals surface area contributed by atoms with Gasteiger partial charge >= 0.3 is 0 Å². The van der Waals surface area contributed by atoms with Crippen molar-refractivity contribution >= 4 is 22.8 Å². The zero-order valence-electron chi connectivity index (χ0n) is 16.4. The Morgan fingerprint density at radius 1 is 1.25 bits per heavy atom. The quantitative estimate of drug-likeness (QED) is 0.747. The van der Waals surface area contributed by atoms with E-state index in [9.17, 15) is 4.79 Å². The average molecular weight is 375 g/mol. The Hall–Kier alpha value is -2.89. The summed E-state index contributed by atoms with van der Waals surface area (Å²) in [6, 6.07) is 7.94. The average Bonchev–Trinajstić information content (AvgIpc) is 3.32. The van der Waals surface area contributed by atoms with E-state index in [-0.39, 0.29) is 11.3 Å². The molecular formula is C22H25N5O. The second-order valence-electron chi connectivity index (χ2n) is 8.33. The molecule has 2 aromatic heterocycles. The van der Waals surface area contributed by atoms with Crippen LogP contribution in [0.2, 0.25) is 0 Å². The third-order valence-corrected chi connectivity index (χ3v) is 6.29. The topological polar surface area (TPSA) is 65.1 Å². The number of amides is 1. The summed E-state index contributed by atoms with van der Waals surface area (Å²) < 4.78 is 0. The van der Waals surface area contributed by atoms with Crippen LogP contribution in [0.4, 0.5) is 5.95 Å². The molecule has 1 N–H and O–H groups in total. The molecular weight excluding hydrogens is 350 g/mol. The maximum absolute atomic E-state index is 13.3. The number of carbonyl (C=O) groups is 1. The Balaban J connectivity index is 1.46. The molecule has 28 heavy (non-hydrogen) atoms. The molecule has 1 aromatic carbocycles. The normalized spacial score (nSPS) is 21.3. The molecule has 144 valence electrons. The number of H-pyrrole nitrogens is 1. The van der Waals surface area contributed by atoms with Crippen LogP contribution < -0.4 is 4.90 Å². The molecule has 1 unspecified atom stereocenters. The predicted molar refractivity (Wildman–Crippen MR) is 110 cm³/mol. The van der Waals surface area contributed by atoms with Crippen molar-refractivity contribution in [1.82, 2.24) is 19.9 Å². The maximum Gasteiger partial charge on any atom is 0.253 e. The first-order chi connectivity index (χ1) is 13.6. The fraction of sp³-hybridized carbons (Fsp3) is 0.409. The molecule has 1 fully saturated rings. The lowest BCUT2D eigenvalue weighted by Crippen LogP contribution is -2.48. The zero-order chi connectivity index (χ0) is 19.3. The molecule has 0 radical (unpaired) electrons. The van der Waals surface area contributed by atoms with Gasteiger partial charge in [-0.2, -0.15) is 0 Å². The number of nitrogens with one attached hydrogen (secondary N) is 1. The van der Waals surface area contributed by atoms with Gasteiger partial charge in [-0.25, -0.2) is 9.97 Å². The number of aromatic amines is 1. The molecule has 0 bridgehead atoms. The van der Waals surface area contributed by atoms with E-state index in [1.807, 2.05) is 60.6 Å². The minimum atomic E-state index is -0.0342. The number of anilines is 1. The third-order valence-electron chi connectivity index (χ3n) is 6.29. The van der Waals surface area contributed by atoms with E-state index in [0.717, 1.165) is 66.9 Å². The van der Waals surface area contributed by atoms with Crippen LogP contribution in [-0.2, 0) is 11.8 Å². The summed E-state index contributed by atoms with van der Waals surface area (Å²) >= 11 is 0. The van der Waals surface area contributed by atoms with Crippen LogP contribution in [0.1, 0.15) is 40.9 Å². The summed E-state index contributed by atoms with van der Waals surface area (Å²) in [7, 11) is 3.94. The summed E-state index contributed by atoms with van der Waals surface area (Å²) in [4.78, 5) is 29.8. The Kier molecular flexibility index (Phi) is 3.89. The number of hydrogen-bond acceptors (Lipinski definition) is 4. The molecule has 0 saturated carbocycles. The molecule has 1 saturated heterocycles. The number of hydrogen-bond donors (Lipinski definition) is 1. The van der Waals surface area contributed by atoms with E-state index in [4.69, 9.17) is 4.98 Å². The van der Waals surface area contributed by atoms with Crippen LogP contribution in [0.15, 0.2) is 36.7 Å². The lowest BCUT2D eigenvalue weighted by Gasteiger charge is -2.40. The Labute approximate surface area is 164 Å². The highest BCUT2D eigenvalue weighted by atomic mass is 16.2. The van der Waals surface area contributed by atoms with Crippen LogP contribution in [-0.4, -0.2) is 52.9 Å². The summed E-state index contributed by atoms with van der Waals surface area (Å²) in [6.45, 7) is 1.55. The fourth-order valence-electron chi connectivity index (χ4n) is 4.81. The number of aryl methyl sites for hydroxylation is 1. The van der Waals surface area contributed by atoms with Crippen LogP contribution >= 0.6 is 0 Å². The lowest BCUT2D eigenvalue weighted by molar-refractivity contribution is 0.0633. The maximum atomic E-state index is 13.3. The highest BCUT2D eigenvalue weighted by molar-refractivity contribution is 5.98. The van der Waals surface area contributed by atoms with Gasteiger partial charge in [-0.1, -0.05) is 6.07 Å². The van der Waals surface area contributed by atoms with Gasteiger partial charge in [-0.3, -0.25) is 4.79 Å². The lowest BCUT2D eigenvalue weighted by atomic mass is 9.77. The second-order valence-corrected chi connectivity index (χ2v) is 8.33. The minimum absolute atomic E-state index is 0.0342. The van der Waals surface area contributed by atoms with Gasteiger partial charge in [-0.05, 0) is 54.8 Å². The van der Waals surface area contributed by atoms with Gasteiger partial charge in [0.15, 0.2) is 0 Å². The van der Waals surface area contributed by atoms with Gasteiger partial charge in [0.2, 0.25) is 5.95 Å². The predicted octanol–water partition coefficient (Wildman–Crippen LogP) is 3.14. The summed E-state index contributed by atoms with van der Waals surface area (Å²) in [5.41, 5.74) is 4.12. The number of likely N-dealkylation sites (tertiary alicyclic amines) is 1. The molecule has 6 heteroatoms. The fourth-order valence-corrected chi connectivity index (χ4v) is 4.81. The number of fused-ring (bicyclic) bond motifs is 3. The van der Waals surface area contributed by atoms with E-state index >= 15 is 0 Å². The second kappa shape index (κ2) is 6.33. The van der Waals surface area contributed by atoms with Gasteiger partial charge in [-0.15, -0.1) is 0 Å². The largest absolute Gasteiger partial charge is 0.361 e. The Morgan fingerprint density at radius 3 is 3.00 bits per heavy atom. The molecule has 1 aliphatic carbocycles. The van der Waals surface area contributed by atoms with Gasteiger partial charge in [0.05, 0.1) is 5.69 Å². The SMILES string of the molecule is CN(C)c1ncc2c(n1)C1(CCCN(C(=O)c3ccc4cc[nH]c4c3)C1)CC2. The molecule has 3 heterocycles. The van der Waals surface area contributed by atoms with Crippen molar-refractivity contribution < 1.29 is 4.79 Å². The van der Waals surface area contributed by atoms with E-state index in [1.165, 1.54) is 5.56 Å². The first-order valence-corrected chi connectivity index (χ1v) is 9.96. The van der Waals surface area contributed by atoms with Crippen LogP contribution in [0, 0.1) is 0 Å². The number of nitrogens with zero attached hydrogens (tertiary/aromatic N) is 4. The zero-order valence-corrected chi connectivity index (χ0v) is 16.4. The van der Waals surface area contributed by atoms with Crippen molar-refractivity contribution in [2.75, 3.05) is 32.1 Å². The molecule has 2 aliphatic rings. The molecule has 1 amide bonds. The van der Waals surface area contributed by atoms with Gasteiger partial charge in [0.1, 0.15) is 0 Å². The number of carbonyl (C=O) groups excluding carboxylic acids is 1. The molecule has 5 rings (SSSR count). The molecule has 3 aromatic rings. The number of aromatic nitrogens is 3. The van der Waals surface area contributed by atoms with Gasteiger partial charge < -0.3 is 14.8 Å². The van der Waals surface area contributed by atoms with Gasteiger partial charge in [0.25, 0.3) is 5.91 Å². The van der Waals surface area contributed by atoms with Crippen molar-refractivity contribution in [1.29, 1.82) is 0 Å². The highest BCUT2D eigenvalue weighted by Crippen LogP contribution is 2.44. The first kappa shape index (κ1) is 17.2. The van der Waals surface area contributed by atoms with Crippen molar-refractivity contribution in [2.24, 2.45) is 0 Å². The molecule has 6 nitrogen and oxygen atoms in total. The van der Waals surface area contributed by atoms with Crippen molar-refractivity contribution in [3.63, 3.8) is 0 Å². The monoisotopic (exact) mass is 375 g/mol. The van der Waals surface area contributed by atoms with Crippen LogP contribution in [0.3, 0.4) is 0 Å². The Morgan fingerprint density at radius 2 is 2.14 bits per heavy atom. The molecule has 1 aliphatic heterocycles. The summed E-state index contributed by atoms with van der Waals surface area (Å²) in [5, 5.41) is 1.13. The van der Waals surface area contributed by atoms with E-state index in [0.29, 0.717) is 0 Å². The number of piperidine rings is 1. The number of benzene rings is 1. The van der Waals surface area contributed by atoms with Crippen LogP contribution in [0.5, 0.6) is 0 Å². The van der Waals surface area contributed by atoms with E-state index in [1.54, 1.807) is 0 Å². The van der Waals surface area contributed by atoms with Gasteiger partial charge in [0, 0.05) is 56.1 Å². The van der Waals surface area contributed by atoms with Crippen molar-refractivity contribution in [3.8, 4) is 0 Å². The molecule has 1 atom stereocenters. The summed E-state index contributed by atoms with van der Waals surface area (Å²) in [6.07, 6.45) is 8.03. The van der Waals surface area contributed by atoms with Crippen molar-refractivity contribution in [3.05, 3.63) is 53.5 Å². The minimum Gasteiger partial charge on any atom is -0.361 e. The standard InChI is InChI=1S/C22H25N5O/c1-26(2)21-24-13-17-6-9-22(19(17)25-21)8-3-11-27(14-22)20(28)16-5-4-15-7-10-23-18(15)12-16/h4-5,7,10,12-13,23H,3,6,8-9,11,14H2,1-2H3. The van der Waals surface area contributed by atoms with E-state index < -0.39 is 0 Å². The first-order valence-electron chi connectivity index (χ1n) is 9.96. The van der Waals surface area contributed by atoms with Crippen molar-refractivity contribution in [2.45, 2.75) is 31.1 Å².